The van der Waals surface area contributed by atoms with Crippen molar-refractivity contribution < 1.29 is 18.3 Å². The van der Waals surface area contributed by atoms with Crippen LogP contribution in [0.4, 0.5) is 0 Å². The van der Waals surface area contributed by atoms with Crippen LogP contribution in [0.3, 0.4) is 0 Å². The average Bonchev–Trinajstić information content (AvgIpc) is 2.69. The maximum absolute atomic E-state index is 12.5. The van der Waals surface area contributed by atoms with E-state index in [-0.39, 0.29) is 18.0 Å². The summed E-state index contributed by atoms with van der Waals surface area (Å²) in [5.41, 5.74) is 0.443. The Morgan fingerprint density at radius 2 is 2.00 bits per heavy atom. The molecule has 0 fully saturated rings. The van der Waals surface area contributed by atoms with Crippen molar-refractivity contribution >= 4 is 10.0 Å². The molecule has 0 amide bonds. The number of aliphatic hydroxyl groups excluding tert-OH is 1. The highest BCUT2D eigenvalue weighted by molar-refractivity contribution is 7.89. The van der Waals surface area contributed by atoms with E-state index in [1.54, 1.807) is 32.4 Å². The molecule has 0 spiro atoms. The van der Waals surface area contributed by atoms with Crippen molar-refractivity contribution in [3.63, 3.8) is 0 Å². The Morgan fingerprint density at radius 1 is 1.38 bits per heavy atom. The Labute approximate surface area is 126 Å². The number of rotatable bonds is 8. The van der Waals surface area contributed by atoms with Gasteiger partial charge in [0.2, 0.25) is 10.0 Å². The molecule has 7 nitrogen and oxygen atoms in total. The molecule has 21 heavy (non-hydrogen) atoms. The van der Waals surface area contributed by atoms with E-state index < -0.39 is 15.6 Å². The molecule has 1 aromatic rings. The largest absolute Gasteiger partial charge is 0.396 e. The monoisotopic (exact) mass is 319 g/mol. The zero-order chi connectivity index (χ0) is 16.3. The fraction of sp³-hybridized carbons (Fsp3) is 0.769. The molecule has 0 aromatic carbocycles. The van der Waals surface area contributed by atoms with Gasteiger partial charge in [0.25, 0.3) is 0 Å². The molecular weight excluding hydrogens is 294 g/mol. The average molecular weight is 319 g/mol. The Hall–Kier alpha value is -0.960. The lowest BCUT2D eigenvalue weighted by atomic mass is 10.1. The smallest absolute Gasteiger partial charge is 0.244 e. The van der Waals surface area contributed by atoms with Gasteiger partial charge in [-0.25, -0.2) is 13.1 Å². The molecule has 122 valence electrons. The van der Waals surface area contributed by atoms with Crippen molar-refractivity contribution in [2.75, 3.05) is 20.3 Å². The molecule has 0 aliphatic rings. The number of aromatic nitrogens is 2. The molecular formula is C13H25N3O4S. The molecule has 0 atom stereocenters. The molecule has 1 heterocycles. The summed E-state index contributed by atoms with van der Waals surface area (Å²) in [6.45, 7) is 7.70. The van der Waals surface area contributed by atoms with E-state index in [1.165, 1.54) is 7.11 Å². The van der Waals surface area contributed by atoms with Gasteiger partial charge < -0.3 is 9.84 Å². The molecule has 8 heteroatoms. The van der Waals surface area contributed by atoms with Gasteiger partial charge in [0.1, 0.15) is 4.90 Å². The first-order valence-corrected chi connectivity index (χ1v) is 8.32. The standard InChI is InChI=1S/C13H25N3O4S/c1-10-12(11(2)16(15-10)7-6-8-17)21(18,19)14-9-13(3,4)20-5/h14,17H,6-9H2,1-5H3. The summed E-state index contributed by atoms with van der Waals surface area (Å²) in [6.07, 6.45) is 0.533. The number of hydrogen-bond donors (Lipinski definition) is 2. The zero-order valence-corrected chi connectivity index (χ0v) is 14.1. The first-order valence-electron chi connectivity index (χ1n) is 6.84. The van der Waals surface area contributed by atoms with E-state index in [9.17, 15) is 8.42 Å². The van der Waals surface area contributed by atoms with Crippen LogP contribution in [0.25, 0.3) is 0 Å². The second kappa shape index (κ2) is 6.87. The first-order chi connectivity index (χ1) is 9.64. The highest BCUT2D eigenvalue weighted by Crippen LogP contribution is 2.20. The minimum absolute atomic E-state index is 0.0424. The van der Waals surface area contributed by atoms with Crippen LogP contribution in [0.1, 0.15) is 31.7 Å². The maximum Gasteiger partial charge on any atom is 0.244 e. The Kier molecular flexibility index (Phi) is 5.92. The third kappa shape index (κ3) is 4.50. The van der Waals surface area contributed by atoms with E-state index >= 15 is 0 Å². The SMILES string of the molecule is COC(C)(C)CNS(=O)(=O)c1c(C)nn(CCCO)c1C. The van der Waals surface area contributed by atoms with Gasteiger partial charge in [0.05, 0.1) is 17.0 Å². The fourth-order valence-corrected chi connectivity index (χ4v) is 3.53. The van der Waals surface area contributed by atoms with E-state index in [2.05, 4.69) is 9.82 Å². The van der Waals surface area contributed by atoms with E-state index in [0.717, 1.165) is 0 Å². The lowest BCUT2D eigenvalue weighted by Crippen LogP contribution is -2.40. The third-order valence-electron chi connectivity index (χ3n) is 3.35. The summed E-state index contributed by atoms with van der Waals surface area (Å²) in [7, 11) is -2.11. The van der Waals surface area contributed by atoms with Crippen LogP contribution in [-0.4, -0.2) is 49.2 Å². The summed E-state index contributed by atoms with van der Waals surface area (Å²) < 4.78 is 34.3. The van der Waals surface area contributed by atoms with Crippen molar-refractivity contribution in [3.8, 4) is 0 Å². The Balaban J connectivity index is 3.01. The summed E-state index contributed by atoms with van der Waals surface area (Å²) in [4.78, 5) is 0.201. The number of nitrogens with one attached hydrogen (secondary N) is 1. The number of sulfonamides is 1. The summed E-state index contributed by atoms with van der Waals surface area (Å²) >= 11 is 0. The molecule has 0 bridgehead atoms. The summed E-state index contributed by atoms with van der Waals surface area (Å²) in [5, 5.41) is 13.1. The molecule has 2 N–H and O–H groups in total. The van der Waals surface area contributed by atoms with Crippen molar-refractivity contribution in [2.24, 2.45) is 0 Å². The number of aryl methyl sites for hydroxylation is 2. The highest BCUT2D eigenvalue weighted by atomic mass is 32.2. The van der Waals surface area contributed by atoms with Gasteiger partial charge >= 0.3 is 0 Å². The number of nitrogens with zero attached hydrogens (tertiary/aromatic N) is 2. The van der Waals surface area contributed by atoms with Gasteiger partial charge in [-0.15, -0.1) is 0 Å². The van der Waals surface area contributed by atoms with Gasteiger partial charge in [0.15, 0.2) is 0 Å². The minimum atomic E-state index is -3.64. The van der Waals surface area contributed by atoms with Crippen molar-refractivity contribution in [1.29, 1.82) is 0 Å². The second-order valence-corrected chi connectivity index (χ2v) is 7.29. The number of hydrogen-bond acceptors (Lipinski definition) is 5. The third-order valence-corrected chi connectivity index (χ3v) is 5.01. The van der Waals surface area contributed by atoms with Crippen molar-refractivity contribution in [1.82, 2.24) is 14.5 Å². The zero-order valence-electron chi connectivity index (χ0n) is 13.3. The number of aliphatic hydroxyl groups is 1. The Bertz CT molecular complexity index is 578. The van der Waals surface area contributed by atoms with Crippen LogP contribution in [0.15, 0.2) is 4.90 Å². The van der Waals surface area contributed by atoms with Crippen LogP contribution in [0.5, 0.6) is 0 Å². The van der Waals surface area contributed by atoms with Gasteiger partial charge in [-0.2, -0.15) is 5.10 Å². The molecule has 0 saturated heterocycles. The lowest BCUT2D eigenvalue weighted by molar-refractivity contribution is 0.0276. The molecule has 0 aliphatic carbocycles. The van der Waals surface area contributed by atoms with Crippen molar-refractivity contribution in [2.45, 2.75) is 51.2 Å². The molecule has 0 radical (unpaired) electrons. The highest BCUT2D eigenvalue weighted by Gasteiger charge is 2.27. The van der Waals surface area contributed by atoms with E-state index in [4.69, 9.17) is 9.84 Å². The van der Waals surface area contributed by atoms with Crippen LogP contribution in [0.2, 0.25) is 0 Å². The minimum Gasteiger partial charge on any atom is -0.396 e. The van der Waals surface area contributed by atoms with Gasteiger partial charge in [-0.1, -0.05) is 0 Å². The Morgan fingerprint density at radius 3 is 2.52 bits per heavy atom. The number of ether oxygens (including phenoxy) is 1. The van der Waals surface area contributed by atoms with Crippen LogP contribution in [0, 0.1) is 13.8 Å². The normalized spacial score (nSPS) is 12.9. The first kappa shape index (κ1) is 18.1. The molecule has 1 rings (SSSR count). The quantitative estimate of drug-likeness (QED) is 0.731. The topological polar surface area (TPSA) is 93.5 Å². The second-order valence-electron chi connectivity index (χ2n) is 5.59. The van der Waals surface area contributed by atoms with Crippen LogP contribution in [-0.2, 0) is 21.3 Å². The molecule has 0 unspecified atom stereocenters. The summed E-state index contributed by atoms with van der Waals surface area (Å²) in [5.74, 6) is 0. The molecule has 0 aliphatic heterocycles. The lowest BCUT2D eigenvalue weighted by Gasteiger charge is -2.23. The molecule has 0 saturated carbocycles. The van der Waals surface area contributed by atoms with Crippen molar-refractivity contribution in [3.05, 3.63) is 11.4 Å². The fourth-order valence-electron chi connectivity index (χ4n) is 1.92. The van der Waals surface area contributed by atoms with E-state index in [1.807, 2.05) is 0 Å². The van der Waals surface area contributed by atoms with Gasteiger partial charge in [-0.05, 0) is 34.1 Å². The maximum atomic E-state index is 12.5. The van der Waals surface area contributed by atoms with E-state index in [0.29, 0.717) is 24.4 Å². The van der Waals surface area contributed by atoms with Crippen LogP contribution >= 0.6 is 0 Å². The predicted molar refractivity (Wildman–Crippen MR) is 79.7 cm³/mol. The number of methoxy groups -OCH3 is 1. The van der Waals surface area contributed by atoms with Crippen LogP contribution < -0.4 is 4.72 Å². The summed E-state index contributed by atoms with van der Waals surface area (Å²) in [6, 6.07) is 0. The molecule has 1 aromatic heterocycles. The van der Waals surface area contributed by atoms with Gasteiger partial charge in [0, 0.05) is 26.8 Å². The predicted octanol–water partition coefficient (Wildman–Crippen LogP) is 0.586. The van der Waals surface area contributed by atoms with Gasteiger partial charge in [-0.3, -0.25) is 4.68 Å².